The van der Waals surface area contributed by atoms with Crippen LogP contribution in [0.25, 0.3) is 0 Å². The minimum atomic E-state index is -0.448. The lowest BCUT2D eigenvalue weighted by atomic mass is 9.87. The summed E-state index contributed by atoms with van der Waals surface area (Å²) >= 11 is 0. The van der Waals surface area contributed by atoms with Crippen LogP contribution in [0.2, 0.25) is 0 Å². The molecule has 3 amide bonds. The minimum Gasteiger partial charge on any atom is -0.460 e. The van der Waals surface area contributed by atoms with Crippen LogP contribution in [0, 0.1) is 13.8 Å². The van der Waals surface area contributed by atoms with Crippen LogP contribution >= 0.6 is 0 Å². The molecule has 0 aliphatic carbocycles. The smallest absolute Gasteiger partial charge is 0.411 e. The van der Waals surface area contributed by atoms with E-state index in [1.54, 1.807) is 6.92 Å². The van der Waals surface area contributed by atoms with Crippen LogP contribution in [0.4, 0.5) is 15.3 Å². The molecule has 260 valence electrons. The normalized spacial score (nSPS) is 11.1. The highest BCUT2D eigenvalue weighted by Crippen LogP contribution is 2.23. The number of hydrogen-bond donors (Lipinski definition) is 2. The fraction of sp³-hybridized carbons (Fsp3) is 0.564. The first kappa shape index (κ1) is 39.4. The Morgan fingerprint density at radius 3 is 1.87 bits per heavy atom. The molecule has 8 nitrogen and oxygen atoms in total. The molecule has 0 unspecified atom stereocenters. The van der Waals surface area contributed by atoms with Gasteiger partial charge in [0.15, 0.2) is 0 Å². The number of hydrogen-bond acceptors (Lipinski definition) is 5. The van der Waals surface area contributed by atoms with Gasteiger partial charge in [0, 0.05) is 24.4 Å². The second-order valence-corrected chi connectivity index (χ2v) is 13.7. The summed E-state index contributed by atoms with van der Waals surface area (Å²) in [5.74, 6) is -0.448. The van der Waals surface area contributed by atoms with Crippen LogP contribution in [-0.4, -0.2) is 49.3 Å². The average Bonchev–Trinajstić information content (AvgIpc) is 3.00. The Morgan fingerprint density at radius 1 is 0.766 bits per heavy atom. The van der Waals surface area contributed by atoms with Crippen molar-refractivity contribution in [3.8, 4) is 0 Å². The number of rotatable bonds is 20. The molecular formula is C39H59N3O5. The van der Waals surface area contributed by atoms with Crippen LogP contribution in [0.5, 0.6) is 0 Å². The highest BCUT2D eigenvalue weighted by atomic mass is 16.5. The monoisotopic (exact) mass is 649 g/mol. The van der Waals surface area contributed by atoms with Crippen LogP contribution in [0.3, 0.4) is 0 Å². The van der Waals surface area contributed by atoms with Gasteiger partial charge < -0.3 is 19.7 Å². The first-order valence-corrected chi connectivity index (χ1v) is 17.3. The van der Waals surface area contributed by atoms with Crippen LogP contribution in [0.1, 0.15) is 114 Å². The van der Waals surface area contributed by atoms with Crippen molar-refractivity contribution in [1.29, 1.82) is 0 Å². The van der Waals surface area contributed by atoms with Crippen molar-refractivity contribution in [2.75, 3.05) is 31.6 Å². The lowest BCUT2D eigenvalue weighted by Gasteiger charge is -2.24. The molecule has 0 fully saturated rings. The van der Waals surface area contributed by atoms with Crippen molar-refractivity contribution in [1.82, 2.24) is 10.2 Å². The third-order valence-electron chi connectivity index (χ3n) is 7.95. The summed E-state index contributed by atoms with van der Waals surface area (Å²) in [6.07, 6.45) is 10.7. The standard InChI is InChI=1S/C39H59N3O5/c1-30(2)36(43)46-25-22-40-37(44)42(29-33-27-31(3)26-32(4)28-33)23-16-14-12-10-8-9-11-13-15-17-24-47-38(45)41-35-20-18-34(19-21-35)39(5,6)7/h18-21,26-28H,1,8-17,22-25,29H2,2-7H3,(H,40,44)(H,41,45). The highest BCUT2D eigenvalue weighted by molar-refractivity contribution is 5.87. The van der Waals surface area contributed by atoms with E-state index in [2.05, 4.69) is 70.0 Å². The van der Waals surface area contributed by atoms with Gasteiger partial charge in [-0.05, 0) is 62.3 Å². The van der Waals surface area contributed by atoms with Crippen LogP contribution < -0.4 is 10.6 Å². The lowest BCUT2D eigenvalue weighted by Crippen LogP contribution is -2.41. The number of unbranched alkanes of at least 4 members (excludes halogenated alkanes) is 9. The molecule has 2 aromatic carbocycles. The molecule has 0 spiro atoms. The molecule has 0 radical (unpaired) electrons. The molecule has 47 heavy (non-hydrogen) atoms. The number of aryl methyl sites for hydroxylation is 2. The first-order valence-electron chi connectivity index (χ1n) is 17.3. The Hall–Kier alpha value is -3.81. The topological polar surface area (TPSA) is 97.0 Å². The van der Waals surface area contributed by atoms with Gasteiger partial charge in [-0.1, -0.05) is 120 Å². The van der Waals surface area contributed by atoms with E-state index in [0.717, 1.165) is 49.8 Å². The molecule has 0 aliphatic rings. The van der Waals surface area contributed by atoms with Gasteiger partial charge >= 0.3 is 18.1 Å². The molecule has 2 rings (SSSR count). The van der Waals surface area contributed by atoms with E-state index < -0.39 is 12.1 Å². The number of ether oxygens (including phenoxy) is 2. The number of benzene rings is 2. The molecule has 0 heterocycles. The average molecular weight is 650 g/mol. The van der Waals surface area contributed by atoms with E-state index in [1.165, 1.54) is 42.4 Å². The summed E-state index contributed by atoms with van der Waals surface area (Å²) in [6.45, 7) is 17.8. The number of nitrogens with one attached hydrogen (secondary N) is 2. The van der Waals surface area contributed by atoms with E-state index >= 15 is 0 Å². The predicted octanol–water partition coefficient (Wildman–Crippen LogP) is 9.38. The molecule has 0 saturated heterocycles. The van der Waals surface area contributed by atoms with Crippen LogP contribution in [-0.2, 0) is 26.2 Å². The summed E-state index contributed by atoms with van der Waals surface area (Å²) in [7, 11) is 0. The number of esters is 1. The maximum Gasteiger partial charge on any atom is 0.411 e. The largest absolute Gasteiger partial charge is 0.460 e. The number of urea groups is 1. The quantitative estimate of drug-likeness (QED) is 0.0846. The number of anilines is 1. The Morgan fingerprint density at radius 2 is 1.32 bits per heavy atom. The number of carbonyl (C=O) groups excluding carboxylic acids is 3. The van der Waals surface area contributed by atoms with Gasteiger partial charge in [0.2, 0.25) is 0 Å². The number of carbonyl (C=O) groups is 3. The third-order valence-corrected chi connectivity index (χ3v) is 7.95. The fourth-order valence-corrected chi connectivity index (χ4v) is 5.36. The van der Waals surface area contributed by atoms with Gasteiger partial charge in [-0.2, -0.15) is 0 Å². The van der Waals surface area contributed by atoms with Gasteiger partial charge in [0.1, 0.15) is 6.61 Å². The van der Waals surface area contributed by atoms with Gasteiger partial charge in [-0.25, -0.2) is 14.4 Å². The molecule has 0 saturated carbocycles. The lowest BCUT2D eigenvalue weighted by molar-refractivity contribution is -0.138. The van der Waals surface area contributed by atoms with Crippen LogP contribution in [0.15, 0.2) is 54.6 Å². The maximum absolute atomic E-state index is 13.0. The van der Waals surface area contributed by atoms with Gasteiger partial charge in [-0.15, -0.1) is 0 Å². The molecule has 0 bridgehead atoms. The number of amides is 3. The Kier molecular flexibility index (Phi) is 17.7. The zero-order valence-electron chi connectivity index (χ0n) is 29.8. The second-order valence-electron chi connectivity index (χ2n) is 13.7. The number of nitrogens with zero attached hydrogens (tertiary/aromatic N) is 1. The maximum atomic E-state index is 13.0. The van der Waals surface area contributed by atoms with Gasteiger partial charge in [-0.3, -0.25) is 5.32 Å². The zero-order valence-corrected chi connectivity index (χ0v) is 29.8. The van der Waals surface area contributed by atoms with E-state index in [9.17, 15) is 14.4 Å². The Labute approximate surface area is 283 Å². The predicted molar refractivity (Wildman–Crippen MR) is 192 cm³/mol. The summed E-state index contributed by atoms with van der Waals surface area (Å²) in [4.78, 5) is 38.5. The van der Waals surface area contributed by atoms with E-state index in [0.29, 0.717) is 25.3 Å². The second kappa shape index (κ2) is 21.1. The summed E-state index contributed by atoms with van der Waals surface area (Å²) in [5.41, 5.74) is 5.88. The van der Waals surface area contributed by atoms with E-state index in [1.807, 2.05) is 29.2 Å². The van der Waals surface area contributed by atoms with Crippen molar-refractivity contribution >= 4 is 23.8 Å². The molecule has 2 aromatic rings. The highest BCUT2D eigenvalue weighted by Gasteiger charge is 2.15. The SMILES string of the molecule is C=C(C)C(=O)OCCNC(=O)N(CCCCCCCCCCCCOC(=O)Nc1ccc(C(C)(C)C)cc1)Cc1cc(C)cc(C)c1. The summed E-state index contributed by atoms with van der Waals surface area (Å²) in [5, 5.41) is 5.70. The zero-order chi connectivity index (χ0) is 34.7. The third kappa shape index (κ3) is 17.1. The first-order chi connectivity index (χ1) is 22.3. The van der Waals surface area contributed by atoms with Gasteiger partial charge in [0.25, 0.3) is 0 Å². The van der Waals surface area contributed by atoms with E-state index in [-0.39, 0.29) is 24.6 Å². The molecular weight excluding hydrogens is 590 g/mol. The Bertz CT molecular complexity index is 1250. The van der Waals surface area contributed by atoms with E-state index in [4.69, 9.17) is 9.47 Å². The summed E-state index contributed by atoms with van der Waals surface area (Å²) in [6, 6.07) is 14.1. The van der Waals surface area contributed by atoms with Crippen molar-refractivity contribution in [2.45, 2.75) is 118 Å². The van der Waals surface area contributed by atoms with Crippen molar-refractivity contribution in [3.63, 3.8) is 0 Å². The summed E-state index contributed by atoms with van der Waals surface area (Å²) < 4.78 is 10.4. The molecule has 0 aromatic heterocycles. The van der Waals surface area contributed by atoms with Crippen molar-refractivity contribution in [2.24, 2.45) is 0 Å². The Balaban J connectivity index is 1.56. The van der Waals surface area contributed by atoms with Gasteiger partial charge in [0.05, 0.1) is 13.2 Å². The molecule has 0 aliphatic heterocycles. The molecule has 2 N–H and O–H groups in total. The fourth-order valence-electron chi connectivity index (χ4n) is 5.36. The molecule has 8 heteroatoms. The minimum absolute atomic E-state index is 0.0809. The van der Waals surface area contributed by atoms with Crippen molar-refractivity contribution in [3.05, 3.63) is 76.9 Å². The van der Waals surface area contributed by atoms with Crippen molar-refractivity contribution < 1.29 is 23.9 Å². The molecule has 0 atom stereocenters.